The van der Waals surface area contributed by atoms with Gasteiger partial charge in [0.15, 0.2) is 5.69 Å². The zero-order valence-electron chi connectivity index (χ0n) is 18.3. The molecule has 0 saturated carbocycles. The van der Waals surface area contributed by atoms with E-state index < -0.39 is 29.8 Å². The second-order valence-corrected chi connectivity index (χ2v) is 7.91. The van der Waals surface area contributed by atoms with Crippen LogP contribution in [0.25, 0.3) is 0 Å². The molecule has 10 nitrogen and oxygen atoms in total. The van der Waals surface area contributed by atoms with E-state index in [1.54, 1.807) is 39.3 Å². The third-order valence-electron chi connectivity index (χ3n) is 4.28. The minimum atomic E-state index is -1.19. The van der Waals surface area contributed by atoms with Crippen LogP contribution in [0.15, 0.2) is 30.3 Å². The average Bonchev–Trinajstić information content (AvgIpc) is 2.98. The number of imidazole rings is 1. The van der Waals surface area contributed by atoms with Crippen LogP contribution in [0.3, 0.4) is 0 Å². The molecule has 10 heteroatoms. The van der Waals surface area contributed by atoms with Gasteiger partial charge >= 0.3 is 18.2 Å². The Morgan fingerprint density at radius 1 is 1.16 bits per heavy atom. The van der Waals surface area contributed by atoms with E-state index in [4.69, 9.17) is 9.47 Å². The molecule has 2 aromatic rings. The summed E-state index contributed by atoms with van der Waals surface area (Å²) in [7, 11) is 1.63. The predicted molar refractivity (Wildman–Crippen MR) is 112 cm³/mol. The minimum absolute atomic E-state index is 0.0848. The number of carbonyl (C=O) groups is 3. The first-order chi connectivity index (χ1) is 14.5. The van der Waals surface area contributed by atoms with Crippen molar-refractivity contribution in [3.05, 3.63) is 53.1 Å². The van der Waals surface area contributed by atoms with Gasteiger partial charge in [-0.1, -0.05) is 30.3 Å². The maximum absolute atomic E-state index is 12.3. The van der Waals surface area contributed by atoms with Crippen LogP contribution in [0, 0.1) is 6.92 Å². The maximum atomic E-state index is 12.3. The van der Waals surface area contributed by atoms with Crippen molar-refractivity contribution >= 4 is 18.2 Å². The number of aromatic carboxylic acids is 1. The van der Waals surface area contributed by atoms with Gasteiger partial charge in [0, 0.05) is 19.3 Å². The third kappa shape index (κ3) is 7.02. The first kappa shape index (κ1) is 23.7. The molecule has 3 N–H and O–H groups in total. The summed E-state index contributed by atoms with van der Waals surface area (Å²) in [5, 5.41) is 14.5. The Balaban J connectivity index is 2.12. The van der Waals surface area contributed by atoms with E-state index in [1.165, 1.54) is 0 Å². The first-order valence-corrected chi connectivity index (χ1v) is 9.68. The molecule has 0 unspecified atom stereocenters. The number of amides is 2. The highest BCUT2D eigenvalue weighted by Gasteiger charge is 2.27. The lowest BCUT2D eigenvalue weighted by Gasteiger charge is -2.23. The van der Waals surface area contributed by atoms with E-state index in [2.05, 4.69) is 15.6 Å². The monoisotopic (exact) mass is 432 g/mol. The van der Waals surface area contributed by atoms with Crippen LogP contribution in [0.1, 0.15) is 54.4 Å². The lowest BCUT2D eigenvalue weighted by Crippen LogP contribution is -2.41. The number of carbonyl (C=O) groups excluding carboxylic acids is 2. The Labute approximate surface area is 180 Å². The molecule has 0 radical (unpaired) electrons. The molecule has 2 amide bonds. The molecule has 0 aliphatic rings. The molecule has 0 bridgehead atoms. The number of nitrogens with zero attached hydrogens (tertiary/aromatic N) is 2. The number of carboxylic acid groups (broad SMARTS) is 1. The molecule has 0 saturated heterocycles. The summed E-state index contributed by atoms with van der Waals surface area (Å²) in [5.41, 5.74) is 0.359. The Bertz CT molecular complexity index is 933. The first-order valence-electron chi connectivity index (χ1n) is 9.68. The fourth-order valence-corrected chi connectivity index (χ4v) is 2.73. The topological polar surface area (TPSA) is 132 Å². The number of aromatic nitrogens is 2. The van der Waals surface area contributed by atoms with Gasteiger partial charge in [-0.25, -0.2) is 19.4 Å². The summed E-state index contributed by atoms with van der Waals surface area (Å²) in [6.45, 7) is 6.75. The van der Waals surface area contributed by atoms with Crippen molar-refractivity contribution in [2.45, 2.75) is 45.9 Å². The minimum Gasteiger partial charge on any atom is -0.476 e. The zero-order valence-corrected chi connectivity index (χ0v) is 18.3. The van der Waals surface area contributed by atoms with E-state index >= 15 is 0 Å². The molecule has 0 aliphatic carbocycles. The van der Waals surface area contributed by atoms with E-state index in [9.17, 15) is 19.5 Å². The summed E-state index contributed by atoms with van der Waals surface area (Å²) in [6.07, 6.45) is -1.42. The number of rotatable bonds is 7. The third-order valence-corrected chi connectivity index (χ3v) is 4.28. The van der Waals surface area contributed by atoms with Crippen LogP contribution in [0.4, 0.5) is 9.59 Å². The number of benzene rings is 1. The molecular weight excluding hydrogens is 404 g/mol. The lowest BCUT2D eigenvalue weighted by molar-refractivity contribution is 0.0498. The van der Waals surface area contributed by atoms with Crippen molar-refractivity contribution in [2.75, 3.05) is 6.54 Å². The normalized spacial score (nSPS) is 12.0. The van der Waals surface area contributed by atoms with Crippen molar-refractivity contribution in [2.24, 2.45) is 7.05 Å². The summed E-state index contributed by atoms with van der Waals surface area (Å²) >= 11 is 0. The highest BCUT2D eigenvalue weighted by molar-refractivity contribution is 5.86. The number of alkyl carbamates (subject to hydrolysis) is 2. The summed E-state index contributed by atoms with van der Waals surface area (Å²) in [6, 6.07) is 8.32. The summed E-state index contributed by atoms with van der Waals surface area (Å²) in [5.74, 6) is -0.935. The molecule has 0 aliphatic heterocycles. The fourth-order valence-electron chi connectivity index (χ4n) is 2.73. The van der Waals surface area contributed by atoms with Crippen LogP contribution >= 0.6 is 0 Å². The zero-order chi connectivity index (χ0) is 23.2. The second-order valence-electron chi connectivity index (χ2n) is 7.91. The smallest absolute Gasteiger partial charge is 0.408 e. The van der Waals surface area contributed by atoms with Gasteiger partial charge in [0.1, 0.15) is 24.1 Å². The standard InChI is InChI=1S/C21H28N4O6/c1-13-16(18(26)27)24-17(25(13)5)15(23-20(29)31-21(2,3)4)11-22-19(28)30-12-14-9-7-6-8-10-14/h6-10,15H,11-12H2,1-5H3,(H,22,28)(H,23,29)(H,26,27)/t15-/m0/s1. The van der Waals surface area contributed by atoms with E-state index in [0.717, 1.165) is 5.56 Å². The summed E-state index contributed by atoms with van der Waals surface area (Å²) in [4.78, 5) is 40.0. The molecule has 1 atom stereocenters. The second kappa shape index (κ2) is 9.96. The van der Waals surface area contributed by atoms with Gasteiger partial charge in [-0.15, -0.1) is 0 Å². The van der Waals surface area contributed by atoms with Gasteiger partial charge in [-0.2, -0.15) is 0 Å². The van der Waals surface area contributed by atoms with Gasteiger partial charge in [-0.3, -0.25) is 0 Å². The SMILES string of the molecule is Cc1c(C(=O)O)nc([C@H](CNC(=O)OCc2ccccc2)NC(=O)OC(C)(C)C)n1C. The largest absolute Gasteiger partial charge is 0.476 e. The Kier molecular flexibility index (Phi) is 7.62. The number of hydrogen-bond acceptors (Lipinski definition) is 6. The molecule has 0 spiro atoms. The van der Waals surface area contributed by atoms with Crippen LogP contribution in [0.5, 0.6) is 0 Å². The molecule has 1 aromatic carbocycles. The van der Waals surface area contributed by atoms with Crippen LogP contribution < -0.4 is 10.6 Å². The van der Waals surface area contributed by atoms with Crippen LogP contribution in [-0.4, -0.2) is 45.0 Å². The highest BCUT2D eigenvalue weighted by Crippen LogP contribution is 2.17. The van der Waals surface area contributed by atoms with Gasteiger partial charge in [0.05, 0.1) is 0 Å². The van der Waals surface area contributed by atoms with E-state index in [0.29, 0.717) is 5.69 Å². The number of hydrogen-bond donors (Lipinski definition) is 3. The molecular formula is C21H28N4O6. The van der Waals surface area contributed by atoms with Crippen LogP contribution in [0.2, 0.25) is 0 Å². The fraction of sp³-hybridized carbons (Fsp3) is 0.429. The lowest BCUT2D eigenvalue weighted by atomic mass is 10.2. The predicted octanol–water partition coefficient (Wildman–Crippen LogP) is 2.92. The quantitative estimate of drug-likeness (QED) is 0.613. The van der Waals surface area contributed by atoms with Gasteiger partial charge in [0.2, 0.25) is 0 Å². The van der Waals surface area contributed by atoms with Gasteiger partial charge in [-0.05, 0) is 33.3 Å². The van der Waals surface area contributed by atoms with Crippen molar-refractivity contribution < 1.29 is 29.0 Å². The van der Waals surface area contributed by atoms with Crippen molar-refractivity contribution in [3.8, 4) is 0 Å². The van der Waals surface area contributed by atoms with Crippen molar-refractivity contribution in [1.82, 2.24) is 20.2 Å². The molecule has 31 heavy (non-hydrogen) atoms. The number of carboxylic acids is 1. The molecule has 0 fully saturated rings. The maximum Gasteiger partial charge on any atom is 0.408 e. The molecule has 1 aromatic heterocycles. The molecule has 2 rings (SSSR count). The molecule has 168 valence electrons. The Hall–Kier alpha value is -3.56. The average molecular weight is 432 g/mol. The summed E-state index contributed by atoms with van der Waals surface area (Å²) < 4.78 is 12.0. The van der Waals surface area contributed by atoms with E-state index in [1.807, 2.05) is 30.3 Å². The van der Waals surface area contributed by atoms with Crippen molar-refractivity contribution in [1.29, 1.82) is 0 Å². The van der Waals surface area contributed by atoms with Gasteiger partial charge in [0.25, 0.3) is 0 Å². The Morgan fingerprint density at radius 2 is 1.81 bits per heavy atom. The molecule has 1 heterocycles. The van der Waals surface area contributed by atoms with Crippen LogP contribution in [-0.2, 0) is 23.1 Å². The van der Waals surface area contributed by atoms with Gasteiger partial charge < -0.3 is 29.8 Å². The highest BCUT2D eigenvalue weighted by atomic mass is 16.6. The van der Waals surface area contributed by atoms with Crippen molar-refractivity contribution in [3.63, 3.8) is 0 Å². The number of nitrogens with one attached hydrogen (secondary N) is 2. The van der Waals surface area contributed by atoms with E-state index in [-0.39, 0.29) is 24.7 Å². The Morgan fingerprint density at radius 3 is 2.35 bits per heavy atom. The number of ether oxygens (including phenoxy) is 2.